The van der Waals surface area contributed by atoms with Gasteiger partial charge in [-0.1, -0.05) is 41.7 Å². The van der Waals surface area contributed by atoms with Crippen LogP contribution in [0, 0.1) is 6.92 Å². The van der Waals surface area contributed by atoms with E-state index >= 15 is 0 Å². The minimum Gasteiger partial charge on any atom is -0.325 e. The predicted octanol–water partition coefficient (Wildman–Crippen LogP) is 4.98. The molecule has 0 fully saturated rings. The summed E-state index contributed by atoms with van der Waals surface area (Å²) in [6.07, 6.45) is 0. The summed E-state index contributed by atoms with van der Waals surface area (Å²) in [5.74, 6) is -1.81. The molecule has 1 N–H and O–H groups in total. The lowest BCUT2D eigenvalue weighted by atomic mass is 10.2. The number of thioether (sulfide) groups is 2. The Bertz CT molecular complexity index is 920. The monoisotopic (exact) mass is 391 g/mol. The molecule has 0 spiro atoms. The van der Waals surface area contributed by atoms with Gasteiger partial charge in [0.1, 0.15) is 10.9 Å². The fourth-order valence-corrected chi connectivity index (χ4v) is 3.68. The molecule has 1 amide bonds. The van der Waals surface area contributed by atoms with Gasteiger partial charge in [-0.3, -0.25) is 4.79 Å². The van der Waals surface area contributed by atoms with Crippen LogP contribution in [-0.4, -0.2) is 27.4 Å². The number of aryl methyl sites for hydroxylation is 1. The summed E-state index contributed by atoms with van der Waals surface area (Å²) in [6, 6.07) is 14.0. The Morgan fingerprint density at radius 3 is 2.58 bits per heavy atom. The van der Waals surface area contributed by atoms with Gasteiger partial charge in [0.2, 0.25) is 5.91 Å². The maximum atomic E-state index is 12.3. The lowest BCUT2D eigenvalue weighted by Crippen LogP contribution is -2.14. The van der Waals surface area contributed by atoms with Crippen LogP contribution in [0.15, 0.2) is 58.5 Å². The predicted molar refractivity (Wildman–Crippen MR) is 102 cm³/mol. The standard InChI is InChI=1S/C18H15F2N3OS2/c1-11-21-15-5-3-2-4-14(15)17(22-11)25-10-16(24)23-12-6-8-13(9-7-12)26-18(19)20/h2-9,18H,10H2,1H3,(H,23,24). The van der Waals surface area contributed by atoms with Gasteiger partial charge < -0.3 is 5.32 Å². The van der Waals surface area contributed by atoms with E-state index in [-0.39, 0.29) is 11.7 Å². The van der Waals surface area contributed by atoms with Crippen LogP contribution in [0.2, 0.25) is 0 Å². The van der Waals surface area contributed by atoms with Crippen LogP contribution in [-0.2, 0) is 4.79 Å². The number of rotatable bonds is 6. The molecule has 0 atom stereocenters. The van der Waals surface area contributed by atoms with E-state index in [1.165, 1.54) is 11.8 Å². The van der Waals surface area contributed by atoms with Gasteiger partial charge >= 0.3 is 0 Å². The second kappa shape index (κ2) is 8.46. The van der Waals surface area contributed by atoms with Crippen LogP contribution < -0.4 is 5.32 Å². The van der Waals surface area contributed by atoms with Crippen molar-refractivity contribution in [3.05, 3.63) is 54.4 Å². The zero-order valence-corrected chi connectivity index (χ0v) is 15.4. The van der Waals surface area contributed by atoms with Crippen molar-refractivity contribution in [3.8, 4) is 0 Å². The number of hydrogen-bond donors (Lipinski definition) is 1. The maximum absolute atomic E-state index is 12.3. The summed E-state index contributed by atoms with van der Waals surface area (Å²) in [5, 5.41) is 4.42. The molecule has 1 heterocycles. The van der Waals surface area contributed by atoms with Gasteiger partial charge in [-0.25, -0.2) is 9.97 Å². The molecule has 0 radical (unpaired) electrons. The summed E-state index contributed by atoms with van der Waals surface area (Å²) in [5.41, 5.74) is 1.41. The van der Waals surface area contributed by atoms with Crippen LogP contribution >= 0.6 is 23.5 Å². The van der Waals surface area contributed by atoms with E-state index in [1.807, 2.05) is 31.2 Å². The highest BCUT2D eigenvalue weighted by Crippen LogP contribution is 2.27. The fourth-order valence-electron chi connectivity index (χ4n) is 2.32. The summed E-state index contributed by atoms with van der Waals surface area (Å²) in [6.45, 7) is 1.82. The van der Waals surface area contributed by atoms with E-state index in [4.69, 9.17) is 0 Å². The van der Waals surface area contributed by atoms with E-state index in [9.17, 15) is 13.6 Å². The van der Waals surface area contributed by atoms with Gasteiger partial charge in [-0.2, -0.15) is 8.78 Å². The lowest BCUT2D eigenvalue weighted by molar-refractivity contribution is -0.113. The third-order valence-corrected chi connectivity index (χ3v) is 5.10. The van der Waals surface area contributed by atoms with Gasteiger partial charge in [0.05, 0.1) is 11.3 Å². The van der Waals surface area contributed by atoms with Crippen LogP contribution in [0.4, 0.5) is 14.5 Å². The average Bonchev–Trinajstić information content (AvgIpc) is 2.61. The first-order chi connectivity index (χ1) is 12.5. The molecule has 2 aromatic carbocycles. The molecule has 1 aromatic heterocycles. The number of anilines is 1. The minimum atomic E-state index is -2.46. The van der Waals surface area contributed by atoms with Crippen molar-refractivity contribution in [2.24, 2.45) is 0 Å². The van der Waals surface area contributed by atoms with E-state index in [2.05, 4.69) is 15.3 Å². The third kappa shape index (κ3) is 4.92. The van der Waals surface area contributed by atoms with Gasteiger partial charge in [0.15, 0.2) is 0 Å². The number of para-hydroxylation sites is 1. The van der Waals surface area contributed by atoms with Gasteiger partial charge in [0, 0.05) is 16.0 Å². The molecule has 0 aliphatic carbocycles. The molecular weight excluding hydrogens is 376 g/mol. The normalized spacial score (nSPS) is 11.1. The highest BCUT2D eigenvalue weighted by atomic mass is 32.2. The number of aromatic nitrogens is 2. The summed E-state index contributed by atoms with van der Waals surface area (Å²) in [7, 11) is 0. The zero-order valence-electron chi connectivity index (χ0n) is 13.8. The highest BCUT2D eigenvalue weighted by molar-refractivity contribution is 8.00. The molecule has 8 heteroatoms. The molecule has 26 heavy (non-hydrogen) atoms. The van der Waals surface area contributed by atoms with Crippen molar-refractivity contribution < 1.29 is 13.6 Å². The maximum Gasteiger partial charge on any atom is 0.288 e. The van der Waals surface area contributed by atoms with Crippen LogP contribution in [0.25, 0.3) is 10.9 Å². The molecule has 134 valence electrons. The van der Waals surface area contributed by atoms with Gasteiger partial charge in [-0.05, 0) is 37.3 Å². The minimum absolute atomic E-state index is 0.188. The molecule has 3 aromatic rings. The first kappa shape index (κ1) is 18.6. The number of carbonyl (C=O) groups is 1. The van der Waals surface area contributed by atoms with Crippen LogP contribution in [0.3, 0.4) is 0 Å². The topological polar surface area (TPSA) is 54.9 Å². The second-order valence-corrected chi connectivity index (χ2v) is 7.36. The van der Waals surface area contributed by atoms with E-state index in [1.54, 1.807) is 24.3 Å². The largest absolute Gasteiger partial charge is 0.325 e. The Labute approximate surface area is 157 Å². The molecule has 0 saturated heterocycles. The Hall–Kier alpha value is -2.19. The Morgan fingerprint density at radius 1 is 1.12 bits per heavy atom. The average molecular weight is 391 g/mol. The molecule has 0 aliphatic heterocycles. The molecule has 0 unspecified atom stereocenters. The molecule has 0 saturated carbocycles. The highest BCUT2D eigenvalue weighted by Gasteiger charge is 2.10. The number of fused-ring (bicyclic) bond motifs is 1. The molecule has 0 bridgehead atoms. The number of nitrogens with zero attached hydrogens (tertiary/aromatic N) is 2. The molecule has 0 aliphatic rings. The van der Waals surface area contributed by atoms with Crippen LogP contribution in [0.5, 0.6) is 0 Å². The quantitative estimate of drug-likeness (QED) is 0.474. The number of amides is 1. The fraction of sp³-hybridized carbons (Fsp3) is 0.167. The smallest absolute Gasteiger partial charge is 0.288 e. The summed E-state index contributed by atoms with van der Waals surface area (Å²) in [4.78, 5) is 21.4. The van der Waals surface area contributed by atoms with E-state index < -0.39 is 5.76 Å². The first-order valence-electron chi connectivity index (χ1n) is 7.72. The first-order valence-corrected chi connectivity index (χ1v) is 9.59. The van der Waals surface area contributed by atoms with Crippen molar-refractivity contribution in [1.82, 2.24) is 9.97 Å². The zero-order chi connectivity index (χ0) is 18.5. The summed E-state index contributed by atoms with van der Waals surface area (Å²) >= 11 is 1.81. The van der Waals surface area contributed by atoms with E-state index in [0.717, 1.165) is 15.9 Å². The van der Waals surface area contributed by atoms with Crippen molar-refractivity contribution in [2.75, 3.05) is 11.1 Å². The number of nitrogens with one attached hydrogen (secondary N) is 1. The van der Waals surface area contributed by atoms with Crippen LogP contribution in [0.1, 0.15) is 5.82 Å². The van der Waals surface area contributed by atoms with E-state index in [0.29, 0.717) is 28.2 Å². The van der Waals surface area contributed by atoms with Crippen molar-refractivity contribution in [2.45, 2.75) is 22.6 Å². The molecular formula is C18H15F2N3OS2. The Balaban J connectivity index is 1.63. The number of hydrogen-bond acceptors (Lipinski definition) is 5. The lowest BCUT2D eigenvalue weighted by Gasteiger charge is -2.08. The van der Waals surface area contributed by atoms with Crippen molar-refractivity contribution in [1.29, 1.82) is 0 Å². The second-order valence-electron chi connectivity index (χ2n) is 5.33. The van der Waals surface area contributed by atoms with Crippen molar-refractivity contribution in [3.63, 3.8) is 0 Å². The molecule has 4 nitrogen and oxygen atoms in total. The number of carbonyl (C=O) groups excluding carboxylic acids is 1. The Kier molecular flexibility index (Phi) is 6.05. The van der Waals surface area contributed by atoms with Crippen molar-refractivity contribution >= 4 is 46.0 Å². The summed E-state index contributed by atoms with van der Waals surface area (Å²) < 4.78 is 24.6. The van der Waals surface area contributed by atoms with Gasteiger partial charge in [0.25, 0.3) is 5.76 Å². The molecule has 3 rings (SSSR count). The number of halogens is 2. The third-order valence-electron chi connectivity index (χ3n) is 3.38. The van der Waals surface area contributed by atoms with Gasteiger partial charge in [-0.15, -0.1) is 0 Å². The SMILES string of the molecule is Cc1nc(SCC(=O)Nc2ccc(SC(F)F)cc2)c2ccccc2n1. The Morgan fingerprint density at radius 2 is 1.85 bits per heavy atom. The number of alkyl halides is 2. The number of benzene rings is 2.